The average molecular weight is 291 g/mol. The normalized spacial score (nSPS) is 20.1. The van der Waals surface area contributed by atoms with Crippen LogP contribution in [-0.4, -0.2) is 25.7 Å². The van der Waals surface area contributed by atoms with Crippen LogP contribution < -0.4 is 10.5 Å². The number of hydrogen-bond acceptors (Lipinski definition) is 4. The van der Waals surface area contributed by atoms with Gasteiger partial charge in [-0.1, -0.05) is 18.6 Å². The predicted octanol–water partition coefficient (Wildman–Crippen LogP) is 2.79. The third kappa shape index (κ3) is 3.76. The Bertz CT molecular complexity index is 487. The van der Waals surface area contributed by atoms with Crippen molar-refractivity contribution >= 4 is 5.97 Å². The van der Waals surface area contributed by atoms with E-state index in [1.54, 1.807) is 7.11 Å². The molecule has 0 spiro atoms. The summed E-state index contributed by atoms with van der Waals surface area (Å²) in [5, 5.41) is 0. The Morgan fingerprint density at radius 2 is 2.19 bits per heavy atom. The standard InChI is InChI=1S/C17H25NO3/c1-3-21-17(19)10-5-4-7-13-12-8-6-9-16(20-2)14(12)11-15(13)18/h6,8-9,13,15H,3-5,7,10-11,18H2,1-2H3. The first-order valence-corrected chi connectivity index (χ1v) is 7.74. The lowest BCUT2D eigenvalue weighted by Gasteiger charge is -2.16. The van der Waals surface area contributed by atoms with Gasteiger partial charge in [0.25, 0.3) is 0 Å². The van der Waals surface area contributed by atoms with E-state index in [1.165, 1.54) is 11.1 Å². The highest BCUT2D eigenvalue weighted by molar-refractivity contribution is 5.69. The fourth-order valence-corrected chi connectivity index (χ4v) is 3.18. The van der Waals surface area contributed by atoms with Gasteiger partial charge in [-0.05, 0) is 49.3 Å². The Morgan fingerprint density at radius 3 is 2.90 bits per heavy atom. The minimum Gasteiger partial charge on any atom is -0.496 e. The molecule has 0 saturated heterocycles. The number of hydrogen-bond donors (Lipinski definition) is 1. The number of methoxy groups -OCH3 is 1. The maximum absolute atomic E-state index is 11.3. The summed E-state index contributed by atoms with van der Waals surface area (Å²) in [6.45, 7) is 2.29. The first-order valence-electron chi connectivity index (χ1n) is 7.74. The predicted molar refractivity (Wildman–Crippen MR) is 82.5 cm³/mol. The lowest BCUT2D eigenvalue weighted by molar-refractivity contribution is -0.143. The van der Waals surface area contributed by atoms with Gasteiger partial charge in [0.1, 0.15) is 5.75 Å². The van der Waals surface area contributed by atoms with Gasteiger partial charge in [-0.3, -0.25) is 4.79 Å². The molecule has 4 heteroatoms. The molecule has 21 heavy (non-hydrogen) atoms. The molecule has 1 aromatic rings. The van der Waals surface area contributed by atoms with E-state index in [-0.39, 0.29) is 12.0 Å². The molecule has 0 fully saturated rings. The van der Waals surface area contributed by atoms with Crippen molar-refractivity contribution in [3.63, 3.8) is 0 Å². The number of rotatable bonds is 7. The lowest BCUT2D eigenvalue weighted by atomic mass is 9.92. The van der Waals surface area contributed by atoms with E-state index >= 15 is 0 Å². The topological polar surface area (TPSA) is 61.5 Å². The Labute approximate surface area is 126 Å². The summed E-state index contributed by atoms with van der Waals surface area (Å²) >= 11 is 0. The van der Waals surface area contributed by atoms with Crippen molar-refractivity contribution < 1.29 is 14.3 Å². The molecule has 2 unspecified atom stereocenters. The van der Waals surface area contributed by atoms with Gasteiger partial charge in [0.05, 0.1) is 13.7 Å². The van der Waals surface area contributed by atoms with Crippen LogP contribution in [0.15, 0.2) is 18.2 Å². The van der Waals surface area contributed by atoms with Gasteiger partial charge in [0.15, 0.2) is 0 Å². The molecule has 0 saturated carbocycles. The second kappa shape index (κ2) is 7.46. The van der Waals surface area contributed by atoms with Crippen molar-refractivity contribution in [1.29, 1.82) is 0 Å². The number of carbonyl (C=O) groups is 1. The maximum atomic E-state index is 11.3. The van der Waals surface area contributed by atoms with Gasteiger partial charge >= 0.3 is 5.97 Å². The lowest BCUT2D eigenvalue weighted by Crippen LogP contribution is -2.24. The van der Waals surface area contributed by atoms with Gasteiger partial charge in [0, 0.05) is 12.5 Å². The van der Waals surface area contributed by atoms with Gasteiger partial charge in [0.2, 0.25) is 0 Å². The van der Waals surface area contributed by atoms with Crippen molar-refractivity contribution in [2.24, 2.45) is 5.73 Å². The van der Waals surface area contributed by atoms with Crippen LogP contribution in [0, 0.1) is 0 Å². The number of benzene rings is 1. The monoisotopic (exact) mass is 291 g/mol. The van der Waals surface area contributed by atoms with E-state index in [0.717, 1.165) is 31.4 Å². The third-order valence-electron chi connectivity index (χ3n) is 4.20. The van der Waals surface area contributed by atoms with Crippen LogP contribution in [0.1, 0.15) is 49.7 Å². The van der Waals surface area contributed by atoms with Gasteiger partial charge in [-0.15, -0.1) is 0 Å². The van der Waals surface area contributed by atoms with Crippen LogP contribution in [-0.2, 0) is 16.0 Å². The zero-order chi connectivity index (χ0) is 15.2. The van der Waals surface area contributed by atoms with Gasteiger partial charge in [-0.2, -0.15) is 0 Å². The second-order valence-electron chi connectivity index (χ2n) is 5.55. The van der Waals surface area contributed by atoms with Gasteiger partial charge < -0.3 is 15.2 Å². The molecule has 4 nitrogen and oxygen atoms in total. The Kier molecular flexibility index (Phi) is 5.62. The first-order chi connectivity index (χ1) is 10.2. The summed E-state index contributed by atoms with van der Waals surface area (Å²) < 4.78 is 10.4. The molecule has 0 aromatic heterocycles. The minimum absolute atomic E-state index is 0.102. The van der Waals surface area contributed by atoms with E-state index in [9.17, 15) is 4.79 Å². The Balaban J connectivity index is 1.89. The highest BCUT2D eigenvalue weighted by atomic mass is 16.5. The SMILES string of the molecule is CCOC(=O)CCCCC1c2cccc(OC)c2CC1N. The summed E-state index contributed by atoms with van der Waals surface area (Å²) in [5.41, 5.74) is 8.87. The molecule has 0 heterocycles. The Hall–Kier alpha value is -1.55. The second-order valence-corrected chi connectivity index (χ2v) is 5.55. The Morgan fingerprint density at radius 1 is 1.38 bits per heavy atom. The molecule has 2 rings (SSSR count). The van der Waals surface area contributed by atoms with Crippen molar-refractivity contribution in [1.82, 2.24) is 0 Å². The smallest absolute Gasteiger partial charge is 0.305 e. The van der Waals surface area contributed by atoms with Gasteiger partial charge in [-0.25, -0.2) is 0 Å². The van der Waals surface area contributed by atoms with E-state index in [1.807, 2.05) is 19.1 Å². The molecule has 0 aliphatic heterocycles. The molecule has 2 N–H and O–H groups in total. The number of nitrogens with two attached hydrogens (primary N) is 1. The zero-order valence-electron chi connectivity index (χ0n) is 12.9. The summed E-state index contributed by atoms with van der Waals surface area (Å²) in [7, 11) is 1.70. The molecular formula is C17H25NO3. The number of carbonyl (C=O) groups excluding carboxylic acids is 1. The number of fused-ring (bicyclic) bond motifs is 1. The minimum atomic E-state index is -0.102. The van der Waals surface area contributed by atoms with Crippen molar-refractivity contribution in [2.75, 3.05) is 13.7 Å². The molecule has 1 aromatic carbocycles. The van der Waals surface area contributed by atoms with Crippen molar-refractivity contribution in [3.8, 4) is 5.75 Å². The summed E-state index contributed by atoms with van der Waals surface area (Å²) in [6.07, 6.45) is 4.25. The van der Waals surface area contributed by atoms with Crippen LogP contribution in [0.2, 0.25) is 0 Å². The third-order valence-corrected chi connectivity index (χ3v) is 4.20. The number of unbranched alkanes of at least 4 members (excludes halogenated alkanes) is 1. The zero-order valence-corrected chi connectivity index (χ0v) is 12.9. The van der Waals surface area contributed by atoms with E-state index in [0.29, 0.717) is 18.9 Å². The van der Waals surface area contributed by atoms with Crippen LogP contribution in [0.5, 0.6) is 5.75 Å². The summed E-state index contributed by atoms with van der Waals surface area (Å²) in [6, 6.07) is 6.33. The maximum Gasteiger partial charge on any atom is 0.305 e. The van der Waals surface area contributed by atoms with Crippen molar-refractivity contribution in [2.45, 2.75) is 51.0 Å². The van der Waals surface area contributed by atoms with E-state index in [4.69, 9.17) is 15.2 Å². The molecule has 1 aliphatic carbocycles. The van der Waals surface area contributed by atoms with Crippen LogP contribution in [0.25, 0.3) is 0 Å². The largest absolute Gasteiger partial charge is 0.496 e. The van der Waals surface area contributed by atoms with Crippen LogP contribution in [0.4, 0.5) is 0 Å². The fraction of sp³-hybridized carbons (Fsp3) is 0.588. The molecular weight excluding hydrogens is 266 g/mol. The summed E-state index contributed by atoms with van der Waals surface area (Å²) in [5.74, 6) is 1.21. The molecule has 116 valence electrons. The van der Waals surface area contributed by atoms with E-state index < -0.39 is 0 Å². The molecule has 0 amide bonds. The highest BCUT2D eigenvalue weighted by Crippen LogP contribution is 2.40. The van der Waals surface area contributed by atoms with Crippen molar-refractivity contribution in [3.05, 3.63) is 29.3 Å². The number of ether oxygens (including phenoxy) is 2. The molecule has 0 bridgehead atoms. The molecule has 1 aliphatic rings. The fourth-order valence-electron chi connectivity index (χ4n) is 3.18. The highest BCUT2D eigenvalue weighted by Gasteiger charge is 2.31. The quantitative estimate of drug-likeness (QED) is 0.620. The molecule has 2 atom stereocenters. The van der Waals surface area contributed by atoms with Crippen LogP contribution >= 0.6 is 0 Å². The average Bonchev–Trinajstić information content (AvgIpc) is 2.79. The number of esters is 1. The van der Waals surface area contributed by atoms with E-state index in [2.05, 4.69) is 6.07 Å². The van der Waals surface area contributed by atoms with Crippen LogP contribution in [0.3, 0.4) is 0 Å². The first kappa shape index (κ1) is 15.8. The summed E-state index contributed by atoms with van der Waals surface area (Å²) in [4.78, 5) is 11.3. The molecule has 0 radical (unpaired) electrons.